The van der Waals surface area contributed by atoms with Gasteiger partial charge in [0.2, 0.25) is 11.7 Å². The third kappa shape index (κ3) is 4.80. The second kappa shape index (κ2) is 10.1. The standard InChI is InChI=1S/C24H23F2N3O6/c1-4-20(30)29-12-7-8-34-11-14(12)28-19-6-5-15-13(27-19)9-18(35-15)24(31)21-22(25)16(32-2)10-17(33-3)23(21)26/h4-6,9-10,12,14H,1,7-8,11H2,2-3H3,(H,27,28)(H,29,30). The SMILES string of the molecule is C=CC(=O)NC1CCOCC1Nc1ccc2oc(C(=O)c3c(F)c(OC)cc(OC)c3F)cc2n1. The summed E-state index contributed by atoms with van der Waals surface area (Å²) in [5.74, 6) is -4.23. The Hall–Kier alpha value is -3.99. The van der Waals surface area contributed by atoms with E-state index in [1.54, 1.807) is 12.1 Å². The molecule has 11 heteroatoms. The summed E-state index contributed by atoms with van der Waals surface area (Å²) in [7, 11) is 2.38. The molecule has 0 aliphatic carbocycles. The number of nitrogens with zero attached hydrogens (tertiary/aromatic N) is 1. The van der Waals surface area contributed by atoms with E-state index in [0.29, 0.717) is 25.5 Å². The quantitative estimate of drug-likeness (QED) is 0.368. The van der Waals surface area contributed by atoms with Crippen molar-refractivity contribution in [2.24, 2.45) is 0 Å². The highest BCUT2D eigenvalue weighted by Gasteiger charge is 2.29. The molecule has 2 aromatic heterocycles. The van der Waals surface area contributed by atoms with Gasteiger partial charge in [0.15, 0.2) is 34.5 Å². The van der Waals surface area contributed by atoms with Gasteiger partial charge in [-0.2, -0.15) is 0 Å². The van der Waals surface area contributed by atoms with Crippen molar-refractivity contribution < 1.29 is 37.0 Å². The minimum absolute atomic E-state index is 0.206. The highest BCUT2D eigenvalue weighted by atomic mass is 19.1. The maximum atomic E-state index is 14.8. The summed E-state index contributed by atoms with van der Waals surface area (Å²) < 4.78 is 50.3. The number of hydrogen-bond acceptors (Lipinski definition) is 8. The van der Waals surface area contributed by atoms with Crippen LogP contribution in [0.4, 0.5) is 14.6 Å². The third-order valence-corrected chi connectivity index (χ3v) is 5.60. The largest absolute Gasteiger partial charge is 0.494 e. The summed E-state index contributed by atoms with van der Waals surface area (Å²) in [4.78, 5) is 29.1. The molecule has 2 atom stereocenters. The lowest BCUT2D eigenvalue weighted by Gasteiger charge is -2.32. The van der Waals surface area contributed by atoms with E-state index in [1.807, 2.05) is 0 Å². The molecule has 35 heavy (non-hydrogen) atoms. The zero-order valence-electron chi connectivity index (χ0n) is 19.0. The van der Waals surface area contributed by atoms with E-state index in [0.717, 1.165) is 6.07 Å². The Morgan fingerprint density at radius 2 is 1.86 bits per heavy atom. The van der Waals surface area contributed by atoms with Crippen molar-refractivity contribution in [3.63, 3.8) is 0 Å². The Bertz CT molecular complexity index is 1260. The Kier molecular flexibility index (Phi) is 6.97. The minimum Gasteiger partial charge on any atom is -0.494 e. The monoisotopic (exact) mass is 487 g/mol. The zero-order chi connectivity index (χ0) is 25.1. The minimum atomic E-state index is -1.17. The van der Waals surface area contributed by atoms with E-state index in [-0.39, 0.29) is 46.3 Å². The van der Waals surface area contributed by atoms with Crippen LogP contribution in [-0.2, 0) is 9.53 Å². The molecule has 2 unspecified atom stereocenters. The van der Waals surface area contributed by atoms with E-state index in [1.165, 1.54) is 26.4 Å². The van der Waals surface area contributed by atoms with E-state index < -0.39 is 23.0 Å². The Labute approximate surface area is 199 Å². The summed E-state index contributed by atoms with van der Waals surface area (Å²) in [6.07, 6.45) is 1.80. The molecule has 3 aromatic rings. The first-order valence-electron chi connectivity index (χ1n) is 10.7. The summed E-state index contributed by atoms with van der Waals surface area (Å²) in [5, 5.41) is 6.07. The number of furan rings is 1. The van der Waals surface area contributed by atoms with Gasteiger partial charge in [0, 0.05) is 18.7 Å². The van der Waals surface area contributed by atoms with E-state index in [4.69, 9.17) is 18.6 Å². The number of carbonyl (C=O) groups is 2. The average molecular weight is 487 g/mol. The van der Waals surface area contributed by atoms with Gasteiger partial charge in [0.25, 0.3) is 0 Å². The van der Waals surface area contributed by atoms with E-state index in [2.05, 4.69) is 22.2 Å². The number of fused-ring (bicyclic) bond motifs is 1. The molecule has 184 valence electrons. The van der Waals surface area contributed by atoms with Crippen molar-refractivity contribution in [2.45, 2.75) is 18.5 Å². The Morgan fingerprint density at radius 1 is 1.14 bits per heavy atom. The summed E-state index contributed by atoms with van der Waals surface area (Å²) >= 11 is 0. The highest BCUT2D eigenvalue weighted by molar-refractivity contribution is 6.09. The molecular formula is C24H23F2N3O6. The Balaban J connectivity index is 1.62. The van der Waals surface area contributed by atoms with Crippen LogP contribution in [0.1, 0.15) is 22.5 Å². The van der Waals surface area contributed by atoms with Crippen LogP contribution in [0.15, 0.2) is 41.3 Å². The number of amides is 1. The van der Waals surface area contributed by atoms with Gasteiger partial charge in [-0.3, -0.25) is 9.59 Å². The predicted molar refractivity (Wildman–Crippen MR) is 122 cm³/mol. The second-order valence-corrected chi connectivity index (χ2v) is 7.74. The average Bonchev–Trinajstić information content (AvgIpc) is 3.29. The van der Waals surface area contributed by atoms with Crippen LogP contribution in [0.25, 0.3) is 11.1 Å². The molecule has 9 nitrogen and oxygen atoms in total. The molecule has 0 radical (unpaired) electrons. The molecule has 0 saturated carbocycles. The van der Waals surface area contributed by atoms with Crippen LogP contribution >= 0.6 is 0 Å². The topological polar surface area (TPSA) is 112 Å². The maximum Gasteiger partial charge on any atom is 0.243 e. The molecule has 3 heterocycles. The normalized spacial score (nSPS) is 17.6. The number of anilines is 1. The number of pyridine rings is 1. The molecule has 1 aromatic carbocycles. The van der Waals surface area contributed by atoms with Gasteiger partial charge < -0.3 is 29.3 Å². The molecule has 0 spiro atoms. The van der Waals surface area contributed by atoms with E-state index >= 15 is 0 Å². The second-order valence-electron chi connectivity index (χ2n) is 7.74. The number of rotatable bonds is 8. The number of methoxy groups -OCH3 is 2. The predicted octanol–water partition coefficient (Wildman–Crippen LogP) is 3.23. The molecule has 0 bridgehead atoms. The van der Waals surface area contributed by atoms with Gasteiger partial charge in [-0.25, -0.2) is 13.8 Å². The number of halogens is 2. The van der Waals surface area contributed by atoms with Crippen LogP contribution in [0.5, 0.6) is 11.5 Å². The Morgan fingerprint density at radius 3 is 2.51 bits per heavy atom. The highest BCUT2D eigenvalue weighted by Crippen LogP contribution is 2.33. The van der Waals surface area contributed by atoms with Crippen molar-refractivity contribution in [3.05, 3.63) is 59.9 Å². The van der Waals surface area contributed by atoms with Crippen molar-refractivity contribution in [1.82, 2.24) is 10.3 Å². The van der Waals surface area contributed by atoms with E-state index in [9.17, 15) is 18.4 Å². The molecule has 1 fully saturated rings. The zero-order valence-corrected chi connectivity index (χ0v) is 19.0. The van der Waals surface area contributed by atoms with Crippen molar-refractivity contribution in [2.75, 3.05) is 32.8 Å². The first-order valence-corrected chi connectivity index (χ1v) is 10.7. The maximum absolute atomic E-state index is 14.8. The lowest BCUT2D eigenvalue weighted by Crippen LogP contribution is -2.52. The fourth-order valence-electron chi connectivity index (χ4n) is 3.81. The number of carbonyl (C=O) groups excluding carboxylic acids is 2. The van der Waals surface area contributed by atoms with Crippen molar-refractivity contribution in [1.29, 1.82) is 0 Å². The molecule has 1 saturated heterocycles. The fraction of sp³-hybridized carbons (Fsp3) is 0.292. The van der Waals surface area contributed by atoms with Crippen LogP contribution in [0, 0.1) is 11.6 Å². The molecule has 1 aliphatic heterocycles. The smallest absolute Gasteiger partial charge is 0.243 e. The summed E-state index contributed by atoms with van der Waals surface area (Å²) in [6.45, 7) is 4.31. The van der Waals surface area contributed by atoms with Gasteiger partial charge >= 0.3 is 0 Å². The van der Waals surface area contributed by atoms with Crippen LogP contribution in [-0.4, -0.2) is 56.2 Å². The number of ketones is 1. The number of aromatic nitrogens is 1. The van der Waals surface area contributed by atoms with Gasteiger partial charge in [-0.05, 0) is 24.6 Å². The van der Waals surface area contributed by atoms with Crippen molar-refractivity contribution in [3.8, 4) is 11.5 Å². The van der Waals surface area contributed by atoms with Gasteiger partial charge in [0.1, 0.15) is 16.9 Å². The molecule has 2 N–H and O–H groups in total. The lowest BCUT2D eigenvalue weighted by molar-refractivity contribution is -0.117. The first kappa shape index (κ1) is 24.1. The van der Waals surface area contributed by atoms with Gasteiger partial charge in [-0.1, -0.05) is 6.58 Å². The van der Waals surface area contributed by atoms with Crippen LogP contribution in [0.2, 0.25) is 0 Å². The fourth-order valence-corrected chi connectivity index (χ4v) is 3.81. The number of nitrogens with one attached hydrogen (secondary N) is 2. The lowest BCUT2D eigenvalue weighted by atomic mass is 10.0. The number of ether oxygens (including phenoxy) is 3. The first-order chi connectivity index (χ1) is 16.9. The van der Waals surface area contributed by atoms with Crippen LogP contribution in [0.3, 0.4) is 0 Å². The van der Waals surface area contributed by atoms with Gasteiger partial charge in [0.05, 0.1) is 32.9 Å². The third-order valence-electron chi connectivity index (χ3n) is 5.60. The molecule has 1 aliphatic rings. The summed E-state index contributed by atoms with van der Waals surface area (Å²) in [6, 6.07) is 5.03. The van der Waals surface area contributed by atoms with Crippen LogP contribution < -0.4 is 20.1 Å². The van der Waals surface area contributed by atoms with Crippen molar-refractivity contribution >= 4 is 28.6 Å². The summed E-state index contributed by atoms with van der Waals surface area (Å²) in [5.41, 5.74) is -0.331. The number of hydrogen-bond donors (Lipinski definition) is 2. The molecule has 1 amide bonds. The van der Waals surface area contributed by atoms with Gasteiger partial charge in [-0.15, -0.1) is 0 Å². The molecular weight excluding hydrogens is 464 g/mol. The molecule has 4 rings (SSSR count). The number of benzene rings is 1.